The van der Waals surface area contributed by atoms with Crippen LogP contribution in [-0.2, 0) is 16.6 Å². The first-order chi connectivity index (χ1) is 14.8. The zero-order valence-corrected chi connectivity index (χ0v) is 19.4. The Balaban J connectivity index is 1.37. The van der Waals surface area contributed by atoms with E-state index in [9.17, 15) is 13.2 Å². The topological polar surface area (TPSA) is 60.9 Å². The van der Waals surface area contributed by atoms with Crippen molar-refractivity contribution in [3.05, 3.63) is 64.7 Å². The van der Waals surface area contributed by atoms with Gasteiger partial charge in [0.1, 0.15) is 0 Å². The van der Waals surface area contributed by atoms with Crippen LogP contribution in [0.2, 0.25) is 0 Å². The van der Waals surface area contributed by atoms with Crippen molar-refractivity contribution >= 4 is 16.1 Å². The first-order valence-corrected chi connectivity index (χ1v) is 12.4. The summed E-state index contributed by atoms with van der Waals surface area (Å²) in [5, 5.41) is 0. The number of hydrogen-bond donors (Lipinski definition) is 0. The molecule has 0 unspecified atom stereocenters. The van der Waals surface area contributed by atoms with Crippen LogP contribution in [0.15, 0.2) is 47.4 Å². The molecule has 6 nitrogen and oxygen atoms in total. The molecule has 2 aliphatic rings. The Labute approximate surface area is 185 Å². The van der Waals surface area contributed by atoms with Gasteiger partial charge >= 0.3 is 6.03 Å². The van der Waals surface area contributed by atoms with E-state index >= 15 is 0 Å². The molecule has 4 rings (SSSR count). The van der Waals surface area contributed by atoms with E-state index in [0.29, 0.717) is 50.5 Å². The van der Waals surface area contributed by atoms with Crippen molar-refractivity contribution in [3.63, 3.8) is 0 Å². The number of carbonyl (C=O) groups is 1. The van der Waals surface area contributed by atoms with E-state index in [-0.39, 0.29) is 12.1 Å². The maximum absolute atomic E-state index is 13.1. The minimum absolute atomic E-state index is 0.0666. The van der Waals surface area contributed by atoms with Crippen molar-refractivity contribution in [2.24, 2.45) is 0 Å². The van der Waals surface area contributed by atoms with E-state index in [4.69, 9.17) is 0 Å². The first kappa shape index (κ1) is 21.8. The number of hydrogen-bond acceptors (Lipinski definition) is 3. The van der Waals surface area contributed by atoms with Gasteiger partial charge in [-0.15, -0.1) is 0 Å². The minimum atomic E-state index is -3.50. The minimum Gasteiger partial charge on any atom is -0.320 e. The van der Waals surface area contributed by atoms with Gasteiger partial charge in [-0.2, -0.15) is 4.31 Å². The molecular formula is C24H31N3O3S. The normalized spacial score (nSPS) is 18.7. The fourth-order valence-corrected chi connectivity index (χ4v) is 6.09. The Morgan fingerprint density at radius 1 is 0.903 bits per heavy atom. The van der Waals surface area contributed by atoms with Crippen molar-refractivity contribution in [1.82, 2.24) is 14.1 Å². The van der Waals surface area contributed by atoms with Gasteiger partial charge in [0.05, 0.1) is 4.90 Å². The van der Waals surface area contributed by atoms with Gasteiger partial charge in [-0.1, -0.05) is 35.9 Å². The molecule has 31 heavy (non-hydrogen) atoms. The number of carbonyl (C=O) groups excluding carboxylic acids is 1. The molecule has 0 saturated carbocycles. The van der Waals surface area contributed by atoms with Gasteiger partial charge in [-0.3, -0.25) is 0 Å². The monoisotopic (exact) mass is 441 g/mol. The quantitative estimate of drug-likeness (QED) is 0.711. The lowest BCUT2D eigenvalue weighted by Crippen LogP contribution is -2.47. The number of amides is 2. The molecule has 2 aliphatic heterocycles. The van der Waals surface area contributed by atoms with E-state index in [0.717, 1.165) is 16.7 Å². The van der Waals surface area contributed by atoms with E-state index in [2.05, 4.69) is 25.1 Å². The summed E-state index contributed by atoms with van der Waals surface area (Å²) in [5.41, 5.74) is 4.40. The molecule has 0 radical (unpaired) electrons. The van der Waals surface area contributed by atoms with Crippen molar-refractivity contribution in [2.75, 3.05) is 26.2 Å². The summed E-state index contributed by atoms with van der Waals surface area (Å²) in [6.45, 7) is 8.91. The van der Waals surface area contributed by atoms with Crippen LogP contribution in [0.25, 0.3) is 0 Å². The predicted octanol–water partition coefficient (Wildman–Crippen LogP) is 3.70. The fraction of sp³-hybridized carbons (Fsp3) is 0.458. The van der Waals surface area contributed by atoms with Crippen molar-refractivity contribution in [1.29, 1.82) is 0 Å². The Hall–Kier alpha value is -2.38. The molecule has 2 fully saturated rings. The number of aryl methyl sites for hydroxylation is 3. The highest BCUT2D eigenvalue weighted by Crippen LogP contribution is 2.27. The maximum Gasteiger partial charge on any atom is 0.320 e. The maximum atomic E-state index is 13.1. The summed E-state index contributed by atoms with van der Waals surface area (Å²) < 4.78 is 27.7. The molecule has 2 saturated heterocycles. The molecule has 0 bridgehead atoms. The van der Waals surface area contributed by atoms with Crippen LogP contribution in [-0.4, -0.2) is 60.8 Å². The van der Waals surface area contributed by atoms with Crippen LogP contribution in [0.4, 0.5) is 4.79 Å². The zero-order valence-electron chi connectivity index (χ0n) is 18.5. The van der Waals surface area contributed by atoms with Crippen LogP contribution < -0.4 is 0 Å². The first-order valence-electron chi connectivity index (χ1n) is 10.9. The van der Waals surface area contributed by atoms with Gasteiger partial charge in [0.15, 0.2) is 0 Å². The average molecular weight is 442 g/mol. The highest BCUT2D eigenvalue weighted by Gasteiger charge is 2.37. The predicted molar refractivity (Wildman–Crippen MR) is 121 cm³/mol. The van der Waals surface area contributed by atoms with Crippen LogP contribution in [0.5, 0.6) is 0 Å². The van der Waals surface area contributed by atoms with Gasteiger partial charge in [0.25, 0.3) is 0 Å². The number of benzene rings is 2. The smallest absolute Gasteiger partial charge is 0.320 e. The van der Waals surface area contributed by atoms with Crippen molar-refractivity contribution in [2.45, 2.75) is 51.1 Å². The summed E-state index contributed by atoms with van der Waals surface area (Å²) in [4.78, 5) is 17.2. The molecule has 166 valence electrons. The second-order valence-electron chi connectivity index (χ2n) is 8.77. The second-order valence-corrected chi connectivity index (χ2v) is 10.7. The SMILES string of the molecule is Cc1cccc(CN2CCN(C3CCN(S(=O)(=O)c4ccc(C)c(C)c4)CC3)C2=O)c1. The van der Waals surface area contributed by atoms with Crippen molar-refractivity contribution in [3.8, 4) is 0 Å². The van der Waals surface area contributed by atoms with Crippen LogP contribution in [0.1, 0.15) is 35.1 Å². The fourth-order valence-electron chi connectivity index (χ4n) is 4.54. The molecule has 0 N–H and O–H groups in total. The van der Waals surface area contributed by atoms with Gasteiger partial charge < -0.3 is 9.80 Å². The van der Waals surface area contributed by atoms with E-state index < -0.39 is 10.0 Å². The summed E-state index contributed by atoms with van der Waals surface area (Å²) in [7, 11) is -3.50. The highest BCUT2D eigenvalue weighted by molar-refractivity contribution is 7.89. The lowest BCUT2D eigenvalue weighted by atomic mass is 10.1. The lowest BCUT2D eigenvalue weighted by molar-refractivity contribution is 0.153. The molecule has 2 amide bonds. The van der Waals surface area contributed by atoms with Gasteiger partial charge in [-0.25, -0.2) is 13.2 Å². The van der Waals surface area contributed by atoms with Crippen LogP contribution in [0.3, 0.4) is 0 Å². The zero-order chi connectivity index (χ0) is 22.2. The molecule has 0 aromatic heterocycles. The Bertz CT molecular complexity index is 1080. The number of rotatable bonds is 5. The van der Waals surface area contributed by atoms with Crippen LogP contribution in [0, 0.1) is 20.8 Å². The number of urea groups is 1. The van der Waals surface area contributed by atoms with Crippen LogP contribution >= 0.6 is 0 Å². The Morgan fingerprint density at radius 3 is 2.32 bits per heavy atom. The molecule has 2 heterocycles. The van der Waals surface area contributed by atoms with E-state index in [1.54, 1.807) is 16.4 Å². The standard InChI is InChI=1S/C24H31N3O3S/c1-18-5-4-6-21(15-18)17-25-13-14-27(24(25)28)22-9-11-26(12-10-22)31(29,30)23-8-7-19(2)20(3)16-23/h4-8,15-16,22H,9-14,17H2,1-3H3. The van der Waals surface area contributed by atoms with E-state index in [1.807, 2.05) is 35.8 Å². The highest BCUT2D eigenvalue weighted by atomic mass is 32.2. The molecular weight excluding hydrogens is 410 g/mol. The Morgan fingerprint density at radius 2 is 1.65 bits per heavy atom. The molecule has 0 aliphatic carbocycles. The molecule has 2 aromatic rings. The van der Waals surface area contributed by atoms with Gasteiger partial charge in [0, 0.05) is 38.8 Å². The molecule has 7 heteroatoms. The lowest BCUT2D eigenvalue weighted by Gasteiger charge is -2.36. The summed E-state index contributed by atoms with van der Waals surface area (Å²) >= 11 is 0. The average Bonchev–Trinajstić information content (AvgIpc) is 3.10. The third kappa shape index (κ3) is 4.48. The summed E-state index contributed by atoms with van der Waals surface area (Å²) in [6, 6.07) is 13.7. The second kappa shape index (κ2) is 8.63. The van der Waals surface area contributed by atoms with Gasteiger partial charge in [0.2, 0.25) is 10.0 Å². The summed E-state index contributed by atoms with van der Waals surface area (Å²) in [5.74, 6) is 0. The molecule has 0 spiro atoms. The third-order valence-electron chi connectivity index (χ3n) is 6.56. The molecule has 2 aromatic carbocycles. The third-order valence-corrected chi connectivity index (χ3v) is 8.46. The van der Waals surface area contributed by atoms with Crippen molar-refractivity contribution < 1.29 is 13.2 Å². The number of sulfonamides is 1. The van der Waals surface area contributed by atoms with Gasteiger partial charge in [-0.05, 0) is 62.4 Å². The molecule has 0 atom stereocenters. The van der Waals surface area contributed by atoms with E-state index in [1.165, 1.54) is 5.56 Å². The summed E-state index contributed by atoms with van der Waals surface area (Å²) in [6.07, 6.45) is 1.35. The Kier molecular flexibility index (Phi) is 6.08. The number of piperidine rings is 1. The number of nitrogens with zero attached hydrogens (tertiary/aromatic N) is 3. The largest absolute Gasteiger partial charge is 0.320 e.